The lowest BCUT2D eigenvalue weighted by Crippen LogP contribution is -1.94. The standard InChI is InChI=1S/C7H7FN4/c1-12-3-10-6-4(9)2-5(8)11-7(6)12/h2-3H,1H3,(H2,9,11). The number of anilines is 1. The van der Waals surface area contributed by atoms with Gasteiger partial charge < -0.3 is 10.3 Å². The molecule has 0 aromatic carbocycles. The first kappa shape index (κ1) is 7.02. The number of hydrogen-bond donors (Lipinski definition) is 1. The van der Waals surface area contributed by atoms with E-state index in [1.54, 1.807) is 17.9 Å². The van der Waals surface area contributed by atoms with Gasteiger partial charge in [0.1, 0.15) is 5.52 Å². The van der Waals surface area contributed by atoms with E-state index >= 15 is 0 Å². The molecule has 0 aliphatic carbocycles. The molecule has 0 saturated heterocycles. The van der Waals surface area contributed by atoms with E-state index < -0.39 is 5.95 Å². The first-order valence-electron chi connectivity index (χ1n) is 3.41. The molecule has 0 bridgehead atoms. The molecule has 12 heavy (non-hydrogen) atoms. The van der Waals surface area contributed by atoms with Gasteiger partial charge in [0.05, 0.1) is 12.0 Å². The Balaban J connectivity index is 2.92. The summed E-state index contributed by atoms with van der Waals surface area (Å²) < 4.78 is 14.3. The largest absolute Gasteiger partial charge is 0.397 e. The molecule has 2 rings (SSSR count). The van der Waals surface area contributed by atoms with Gasteiger partial charge in [0, 0.05) is 13.1 Å². The highest BCUT2D eigenvalue weighted by molar-refractivity contribution is 5.83. The summed E-state index contributed by atoms with van der Waals surface area (Å²) >= 11 is 0. The van der Waals surface area contributed by atoms with Crippen LogP contribution < -0.4 is 5.73 Å². The van der Waals surface area contributed by atoms with Crippen molar-refractivity contribution in [3.63, 3.8) is 0 Å². The van der Waals surface area contributed by atoms with Gasteiger partial charge in [-0.05, 0) is 0 Å². The molecule has 4 nitrogen and oxygen atoms in total. The summed E-state index contributed by atoms with van der Waals surface area (Å²) in [4.78, 5) is 7.62. The van der Waals surface area contributed by atoms with Crippen LogP contribution in [0.4, 0.5) is 10.1 Å². The van der Waals surface area contributed by atoms with Gasteiger partial charge in [0.2, 0.25) is 5.95 Å². The molecular formula is C7H7FN4. The molecule has 0 spiro atoms. The van der Waals surface area contributed by atoms with Gasteiger partial charge in [-0.2, -0.15) is 9.37 Å². The quantitative estimate of drug-likeness (QED) is 0.586. The van der Waals surface area contributed by atoms with Crippen LogP contribution in [0.15, 0.2) is 12.4 Å². The second-order valence-corrected chi connectivity index (χ2v) is 2.56. The van der Waals surface area contributed by atoms with E-state index in [2.05, 4.69) is 9.97 Å². The highest BCUT2D eigenvalue weighted by Gasteiger charge is 2.06. The summed E-state index contributed by atoms with van der Waals surface area (Å²) in [7, 11) is 1.74. The molecule has 0 aliphatic rings. The number of fused-ring (bicyclic) bond motifs is 1. The van der Waals surface area contributed by atoms with Gasteiger partial charge in [0.25, 0.3) is 0 Å². The first-order valence-corrected chi connectivity index (χ1v) is 3.41. The van der Waals surface area contributed by atoms with Gasteiger partial charge in [0.15, 0.2) is 5.65 Å². The predicted octanol–water partition coefficient (Wildman–Crippen LogP) is 0.690. The van der Waals surface area contributed by atoms with Crippen molar-refractivity contribution in [2.24, 2.45) is 7.05 Å². The first-order chi connectivity index (χ1) is 5.68. The number of imidazole rings is 1. The fourth-order valence-corrected chi connectivity index (χ4v) is 1.09. The van der Waals surface area contributed by atoms with Crippen LogP contribution in [-0.2, 0) is 7.05 Å². The zero-order chi connectivity index (χ0) is 8.72. The Morgan fingerprint density at radius 3 is 3.08 bits per heavy atom. The van der Waals surface area contributed by atoms with E-state index in [9.17, 15) is 4.39 Å². The molecule has 0 aliphatic heterocycles. The third-order valence-corrected chi connectivity index (χ3v) is 1.67. The van der Waals surface area contributed by atoms with E-state index in [4.69, 9.17) is 5.73 Å². The molecule has 2 heterocycles. The van der Waals surface area contributed by atoms with Crippen molar-refractivity contribution in [1.82, 2.24) is 14.5 Å². The number of halogens is 1. The minimum absolute atomic E-state index is 0.318. The molecule has 0 amide bonds. The Kier molecular flexibility index (Phi) is 1.27. The average Bonchev–Trinajstić information content (AvgIpc) is 2.33. The van der Waals surface area contributed by atoms with Crippen molar-refractivity contribution < 1.29 is 4.39 Å². The molecular weight excluding hydrogens is 159 g/mol. The zero-order valence-corrected chi connectivity index (χ0v) is 6.45. The van der Waals surface area contributed by atoms with Crippen LogP contribution in [0.25, 0.3) is 11.2 Å². The third kappa shape index (κ3) is 0.827. The van der Waals surface area contributed by atoms with Crippen molar-refractivity contribution in [3.05, 3.63) is 18.3 Å². The monoisotopic (exact) mass is 166 g/mol. The Morgan fingerprint density at radius 2 is 2.33 bits per heavy atom. The van der Waals surface area contributed by atoms with E-state index in [1.165, 1.54) is 0 Å². The van der Waals surface area contributed by atoms with Crippen molar-refractivity contribution >= 4 is 16.9 Å². The summed E-state index contributed by atoms with van der Waals surface area (Å²) in [5.41, 5.74) is 6.84. The van der Waals surface area contributed by atoms with Crippen LogP contribution >= 0.6 is 0 Å². The van der Waals surface area contributed by atoms with Crippen molar-refractivity contribution in [2.75, 3.05) is 5.73 Å². The maximum atomic E-state index is 12.7. The zero-order valence-electron chi connectivity index (χ0n) is 6.45. The molecule has 62 valence electrons. The van der Waals surface area contributed by atoms with Crippen molar-refractivity contribution in [1.29, 1.82) is 0 Å². The summed E-state index contributed by atoms with van der Waals surface area (Å²) in [6, 6.07) is 1.16. The topological polar surface area (TPSA) is 56.7 Å². The second kappa shape index (κ2) is 2.17. The maximum Gasteiger partial charge on any atom is 0.217 e. The molecule has 2 aromatic heterocycles. The van der Waals surface area contributed by atoms with Crippen LogP contribution in [0.1, 0.15) is 0 Å². The third-order valence-electron chi connectivity index (χ3n) is 1.67. The number of hydrogen-bond acceptors (Lipinski definition) is 3. The highest BCUT2D eigenvalue weighted by atomic mass is 19.1. The van der Waals surface area contributed by atoms with Crippen molar-refractivity contribution in [3.8, 4) is 0 Å². The van der Waals surface area contributed by atoms with Crippen LogP contribution in [0.3, 0.4) is 0 Å². The molecule has 0 saturated carbocycles. The summed E-state index contributed by atoms with van der Waals surface area (Å²) in [5.74, 6) is -0.580. The lowest BCUT2D eigenvalue weighted by molar-refractivity contribution is 0.587. The smallest absolute Gasteiger partial charge is 0.217 e. The Bertz CT molecular complexity index is 434. The minimum atomic E-state index is -0.580. The fraction of sp³-hybridized carbons (Fsp3) is 0.143. The molecule has 0 radical (unpaired) electrons. The molecule has 0 fully saturated rings. The van der Waals surface area contributed by atoms with E-state index in [-0.39, 0.29) is 0 Å². The normalized spacial score (nSPS) is 10.8. The summed E-state index contributed by atoms with van der Waals surface area (Å²) in [6.45, 7) is 0. The van der Waals surface area contributed by atoms with Crippen LogP contribution in [0.2, 0.25) is 0 Å². The number of nitrogens with zero attached hydrogens (tertiary/aromatic N) is 3. The van der Waals surface area contributed by atoms with Crippen molar-refractivity contribution in [2.45, 2.75) is 0 Å². The maximum absolute atomic E-state index is 12.7. The lowest BCUT2D eigenvalue weighted by atomic mass is 10.4. The van der Waals surface area contributed by atoms with E-state index in [0.717, 1.165) is 6.07 Å². The van der Waals surface area contributed by atoms with Gasteiger partial charge in [-0.15, -0.1) is 0 Å². The van der Waals surface area contributed by atoms with Crippen LogP contribution in [-0.4, -0.2) is 14.5 Å². The molecule has 2 N–H and O–H groups in total. The number of nitrogen functional groups attached to an aromatic ring is 1. The molecule has 2 aromatic rings. The summed E-state index contributed by atoms with van der Waals surface area (Å²) in [6.07, 6.45) is 1.55. The molecule has 0 atom stereocenters. The highest BCUT2D eigenvalue weighted by Crippen LogP contribution is 2.16. The van der Waals surface area contributed by atoms with Crippen LogP contribution in [0.5, 0.6) is 0 Å². The SMILES string of the molecule is Cn1cnc2c(N)cc(F)nc21. The average molecular weight is 166 g/mol. The number of nitrogens with two attached hydrogens (primary N) is 1. The Hall–Kier alpha value is -1.65. The van der Waals surface area contributed by atoms with Gasteiger partial charge >= 0.3 is 0 Å². The Labute approximate surface area is 67.8 Å². The number of pyridine rings is 1. The van der Waals surface area contributed by atoms with Gasteiger partial charge in [-0.3, -0.25) is 0 Å². The molecule has 0 unspecified atom stereocenters. The number of rotatable bonds is 0. The minimum Gasteiger partial charge on any atom is -0.397 e. The fourth-order valence-electron chi connectivity index (χ4n) is 1.09. The van der Waals surface area contributed by atoms with E-state index in [1.807, 2.05) is 0 Å². The Morgan fingerprint density at radius 1 is 1.58 bits per heavy atom. The number of aryl methyl sites for hydroxylation is 1. The van der Waals surface area contributed by atoms with Gasteiger partial charge in [-0.25, -0.2) is 4.98 Å². The predicted molar refractivity (Wildman–Crippen MR) is 42.9 cm³/mol. The summed E-state index contributed by atoms with van der Waals surface area (Å²) in [5, 5.41) is 0. The molecule has 5 heteroatoms. The van der Waals surface area contributed by atoms with Crippen LogP contribution in [0, 0.1) is 5.95 Å². The lowest BCUT2D eigenvalue weighted by Gasteiger charge is -1.95. The number of aromatic nitrogens is 3. The van der Waals surface area contributed by atoms with Gasteiger partial charge in [-0.1, -0.05) is 0 Å². The second-order valence-electron chi connectivity index (χ2n) is 2.56. The van der Waals surface area contributed by atoms with E-state index in [0.29, 0.717) is 16.9 Å².